The van der Waals surface area contributed by atoms with Gasteiger partial charge in [-0.2, -0.15) is 0 Å². The van der Waals surface area contributed by atoms with Gasteiger partial charge in [-0.15, -0.1) is 0 Å². The molecule has 2 N–H and O–H groups in total. The fraction of sp³-hybridized carbons (Fsp3) is 0.500. The van der Waals surface area contributed by atoms with Crippen molar-refractivity contribution in [1.82, 2.24) is 0 Å². The van der Waals surface area contributed by atoms with Crippen molar-refractivity contribution in [2.45, 2.75) is 18.8 Å². The summed E-state index contributed by atoms with van der Waals surface area (Å²) < 4.78 is 5.48. The molecule has 0 bridgehead atoms. The van der Waals surface area contributed by atoms with E-state index in [0.29, 0.717) is 0 Å². The zero-order valence-electron chi connectivity index (χ0n) is 8.20. The number of hydrogen-bond donors (Lipinski definition) is 1. The van der Waals surface area contributed by atoms with E-state index in [1.54, 1.807) is 0 Å². The molecule has 0 unspecified atom stereocenters. The minimum Gasteiger partial charge on any atom is -0.493 e. The third kappa shape index (κ3) is 1.22. The third-order valence-electron chi connectivity index (χ3n) is 3.37. The van der Waals surface area contributed by atoms with E-state index in [1.165, 1.54) is 17.5 Å². The summed E-state index contributed by atoms with van der Waals surface area (Å²) >= 11 is 0. The van der Waals surface area contributed by atoms with Gasteiger partial charge in [0.25, 0.3) is 0 Å². The van der Waals surface area contributed by atoms with Gasteiger partial charge in [-0.3, -0.25) is 0 Å². The van der Waals surface area contributed by atoms with Gasteiger partial charge in [0.15, 0.2) is 0 Å². The Bertz CT molecular complexity index is 361. The zero-order chi connectivity index (χ0) is 9.54. The van der Waals surface area contributed by atoms with E-state index in [-0.39, 0.29) is 0 Å². The van der Waals surface area contributed by atoms with Crippen LogP contribution >= 0.6 is 0 Å². The van der Waals surface area contributed by atoms with Gasteiger partial charge < -0.3 is 10.5 Å². The van der Waals surface area contributed by atoms with E-state index in [4.69, 9.17) is 10.5 Å². The van der Waals surface area contributed by atoms with Gasteiger partial charge >= 0.3 is 0 Å². The number of ether oxygens (including phenoxy) is 1. The van der Waals surface area contributed by atoms with Crippen LogP contribution in [0.4, 0.5) is 0 Å². The third-order valence-corrected chi connectivity index (χ3v) is 3.37. The smallest absolute Gasteiger partial charge is 0.122 e. The van der Waals surface area contributed by atoms with E-state index in [1.807, 2.05) is 0 Å². The van der Waals surface area contributed by atoms with Crippen LogP contribution in [0.2, 0.25) is 0 Å². The molecule has 2 aliphatic rings. The Hall–Kier alpha value is -1.02. The maximum absolute atomic E-state index is 5.65. The van der Waals surface area contributed by atoms with Crippen molar-refractivity contribution in [2.75, 3.05) is 13.2 Å². The SMILES string of the molecule is NC[C@H]1C[C@@H]1c1ccc2c(c1)CCO2. The number of benzene rings is 1. The Kier molecular flexibility index (Phi) is 1.77. The maximum atomic E-state index is 5.65. The monoisotopic (exact) mass is 189 g/mol. The summed E-state index contributed by atoms with van der Waals surface area (Å²) in [6.45, 7) is 1.68. The highest BCUT2D eigenvalue weighted by Crippen LogP contribution is 2.47. The first kappa shape index (κ1) is 8.30. The molecule has 0 radical (unpaired) electrons. The number of rotatable bonds is 2. The van der Waals surface area contributed by atoms with E-state index in [2.05, 4.69) is 18.2 Å². The van der Waals surface area contributed by atoms with E-state index in [0.717, 1.165) is 37.2 Å². The van der Waals surface area contributed by atoms with Crippen LogP contribution in [-0.4, -0.2) is 13.2 Å². The van der Waals surface area contributed by atoms with Gasteiger partial charge in [0.05, 0.1) is 6.61 Å². The molecule has 1 aliphatic carbocycles. The van der Waals surface area contributed by atoms with Crippen molar-refractivity contribution in [3.05, 3.63) is 29.3 Å². The summed E-state index contributed by atoms with van der Waals surface area (Å²) in [6.07, 6.45) is 2.35. The molecule has 2 nitrogen and oxygen atoms in total. The molecule has 0 aromatic heterocycles. The lowest BCUT2D eigenvalue weighted by atomic mass is 10.0. The van der Waals surface area contributed by atoms with Crippen molar-refractivity contribution in [3.63, 3.8) is 0 Å². The molecule has 1 aromatic carbocycles. The molecule has 1 fully saturated rings. The predicted octanol–water partition coefficient (Wildman–Crippen LogP) is 1.68. The Balaban J connectivity index is 1.87. The topological polar surface area (TPSA) is 35.2 Å². The minimum atomic E-state index is 0.728. The average Bonchev–Trinajstić information content (AvgIpc) is 2.87. The number of nitrogens with two attached hydrogens (primary N) is 1. The molecule has 2 heteroatoms. The lowest BCUT2D eigenvalue weighted by Crippen LogP contribution is -2.01. The van der Waals surface area contributed by atoms with Gasteiger partial charge in [0, 0.05) is 6.42 Å². The van der Waals surface area contributed by atoms with Crippen molar-refractivity contribution >= 4 is 0 Å². The molecule has 14 heavy (non-hydrogen) atoms. The molecule has 0 amide bonds. The second-order valence-electron chi connectivity index (χ2n) is 4.30. The summed E-state index contributed by atoms with van der Waals surface area (Å²) in [5, 5.41) is 0. The fourth-order valence-corrected chi connectivity index (χ4v) is 2.35. The predicted molar refractivity (Wildman–Crippen MR) is 55.5 cm³/mol. The van der Waals surface area contributed by atoms with Gasteiger partial charge in [-0.05, 0) is 42.0 Å². The Morgan fingerprint density at radius 3 is 3.14 bits per heavy atom. The molecular formula is C12H15NO. The number of hydrogen-bond acceptors (Lipinski definition) is 2. The first-order valence-corrected chi connectivity index (χ1v) is 5.34. The second kappa shape index (κ2) is 2.99. The van der Waals surface area contributed by atoms with Gasteiger partial charge in [-0.25, -0.2) is 0 Å². The summed E-state index contributed by atoms with van der Waals surface area (Å²) in [4.78, 5) is 0. The van der Waals surface area contributed by atoms with Crippen LogP contribution in [-0.2, 0) is 6.42 Å². The lowest BCUT2D eigenvalue weighted by Gasteiger charge is -2.02. The first-order chi connectivity index (χ1) is 6.88. The van der Waals surface area contributed by atoms with Gasteiger partial charge in [0.1, 0.15) is 5.75 Å². The van der Waals surface area contributed by atoms with E-state index >= 15 is 0 Å². The van der Waals surface area contributed by atoms with E-state index in [9.17, 15) is 0 Å². The standard InChI is InChI=1S/C12H15NO/c13-7-10-6-11(10)8-1-2-12-9(5-8)3-4-14-12/h1-2,5,10-11H,3-4,6-7,13H2/t10-,11-/m1/s1. The summed E-state index contributed by atoms with van der Waals surface area (Å²) in [5.74, 6) is 2.54. The van der Waals surface area contributed by atoms with Crippen LogP contribution in [0.15, 0.2) is 18.2 Å². The van der Waals surface area contributed by atoms with Crippen molar-refractivity contribution in [3.8, 4) is 5.75 Å². The highest BCUT2D eigenvalue weighted by Gasteiger charge is 2.37. The van der Waals surface area contributed by atoms with E-state index < -0.39 is 0 Å². The normalized spacial score (nSPS) is 28.4. The minimum absolute atomic E-state index is 0.728. The molecule has 1 aromatic rings. The quantitative estimate of drug-likeness (QED) is 0.768. The van der Waals surface area contributed by atoms with Crippen LogP contribution in [0.25, 0.3) is 0 Å². The Morgan fingerprint density at radius 1 is 1.43 bits per heavy atom. The summed E-state index contributed by atoms with van der Waals surface area (Å²) in [5.41, 5.74) is 8.49. The van der Waals surface area contributed by atoms with Crippen LogP contribution in [0.3, 0.4) is 0 Å². The maximum Gasteiger partial charge on any atom is 0.122 e. The summed E-state index contributed by atoms with van der Waals surface area (Å²) in [7, 11) is 0. The van der Waals surface area contributed by atoms with Crippen LogP contribution in [0.5, 0.6) is 5.75 Å². The molecule has 0 spiro atoms. The Labute approximate surface area is 84.1 Å². The molecule has 2 atom stereocenters. The van der Waals surface area contributed by atoms with Crippen molar-refractivity contribution in [1.29, 1.82) is 0 Å². The molecule has 1 saturated carbocycles. The molecule has 1 aliphatic heterocycles. The average molecular weight is 189 g/mol. The highest BCUT2D eigenvalue weighted by atomic mass is 16.5. The van der Waals surface area contributed by atoms with Crippen molar-refractivity contribution in [2.24, 2.45) is 11.7 Å². The molecule has 1 heterocycles. The number of fused-ring (bicyclic) bond motifs is 1. The molecule has 3 rings (SSSR count). The molecule has 74 valence electrons. The van der Waals surface area contributed by atoms with Crippen LogP contribution < -0.4 is 10.5 Å². The molecular weight excluding hydrogens is 174 g/mol. The van der Waals surface area contributed by atoms with Gasteiger partial charge in [0.2, 0.25) is 0 Å². The first-order valence-electron chi connectivity index (χ1n) is 5.34. The van der Waals surface area contributed by atoms with Gasteiger partial charge in [-0.1, -0.05) is 12.1 Å². The fourth-order valence-electron chi connectivity index (χ4n) is 2.35. The largest absolute Gasteiger partial charge is 0.493 e. The van der Waals surface area contributed by atoms with Crippen LogP contribution in [0, 0.1) is 5.92 Å². The lowest BCUT2D eigenvalue weighted by molar-refractivity contribution is 0.357. The highest BCUT2D eigenvalue weighted by molar-refractivity contribution is 5.42. The summed E-state index contributed by atoms with van der Waals surface area (Å²) in [6, 6.07) is 6.62. The van der Waals surface area contributed by atoms with Crippen molar-refractivity contribution < 1.29 is 4.74 Å². The second-order valence-corrected chi connectivity index (χ2v) is 4.30. The molecule has 0 saturated heterocycles. The Morgan fingerprint density at radius 2 is 2.36 bits per heavy atom. The van der Waals surface area contributed by atoms with Crippen LogP contribution in [0.1, 0.15) is 23.5 Å². The zero-order valence-corrected chi connectivity index (χ0v) is 8.20.